The lowest BCUT2D eigenvalue weighted by Crippen LogP contribution is -2.49. The third-order valence-corrected chi connectivity index (χ3v) is 3.31. The minimum atomic E-state index is -0.445. The number of rotatable bonds is 4. The van der Waals surface area contributed by atoms with E-state index in [1.54, 1.807) is 12.1 Å². The van der Waals surface area contributed by atoms with E-state index in [1.165, 1.54) is 20.3 Å². The number of morpholine rings is 1. The minimum absolute atomic E-state index is 0.209. The highest BCUT2D eigenvalue weighted by atomic mass is 19.1. The van der Waals surface area contributed by atoms with Crippen molar-refractivity contribution in [3.63, 3.8) is 0 Å². The summed E-state index contributed by atoms with van der Waals surface area (Å²) in [6.07, 6.45) is 0. The monoisotopic (exact) mass is 283 g/mol. The Bertz CT molecular complexity index is 480. The Balaban J connectivity index is 2.10. The van der Waals surface area contributed by atoms with Crippen LogP contribution in [0.15, 0.2) is 18.2 Å². The Hall–Kier alpha value is -1.66. The molecule has 1 aromatic rings. The van der Waals surface area contributed by atoms with Gasteiger partial charge in [-0.05, 0) is 17.7 Å². The van der Waals surface area contributed by atoms with Crippen LogP contribution < -0.4 is 4.74 Å². The van der Waals surface area contributed by atoms with Gasteiger partial charge in [0.15, 0.2) is 11.6 Å². The van der Waals surface area contributed by atoms with Crippen LogP contribution >= 0.6 is 0 Å². The lowest BCUT2D eigenvalue weighted by molar-refractivity contribution is -0.153. The van der Waals surface area contributed by atoms with E-state index in [1.807, 2.05) is 4.90 Å². The number of esters is 1. The predicted octanol–water partition coefficient (Wildman–Crippen LogP) is 1.21. The number of carbonyl (C=O) groups is 1. The van der Waals surface area contributed by atoms with E-state index in [0.717, 1.165) is 5.56 Å². The van der Waals surface area contributed by atoms with Crippen molar-refractivity contribution in [2.45, 2.75) is 12.6 Å². The third-order valence-electron chi connectivity index (χ3n) is 3.31. The average Bonchev–Trinajstić information content (AvgIpc) is 2.47. The Morgan fingerprint density at radius 2 is 2.30 bits per heavy atom. The first-order chi connectivity index (χ1) is 9.65. The summed E-state index contributed by atoms with van der Waals surface area (Å²) in [7, 11) is 2.77. The molecule has 0 saturated carbocycles. The smallest absolute Gasteiger partial charge is 0.325 e. The molecule has 1 aliphatic rings. The van der Waals surface area contributed by atoms with Gasteiger partial charge in [-0.3, -0.25) is 9.69 Å². The fourth-order valence-corrected chi connectivity index (χ4v) is 2.22. The highest BCUT2D eigenvalue weighted by Crippen LogP contribution is 2.20. The number of carbonyl (C=O) groups excluding carboxylic acids is 1. The maximum Gasteiger partial charge on any atom is 0.325 e. The van der Waals surface area contributed by atoms with Crippen LogP contribution in [0.5, 0.6) is 5.75 Å². The number of halogens is 1. The summed E-state index contributed by atoms with van der Waals surface area (Å²) < 4.78 is 28.6. The van der Waals surface area contributed by atoms with Crippen LogP contribution in [0.4, 0.5) is 4.39 Å². The normalized spacial score (nSPS) is 19.6. The van der Waals surface area contributed by atoms with Crippen molar-refractivity contribution in [1.82, 2.24) is 4.90 Å². The Morgan fingerprint density at radius 1 is 1.50 bits per heavy atom. The molecule has 6 heteroatoms. The van der Waals surface area contributed by atoms with Crippen molar-refractivity contribution in [1.29, 1.82) is 0 Å². The van der Waals surface area contributed by atoms with Crippen LogP contribution in [-0.2, 0) is 20.8 Å². The van der Waals surface area contributed by atoms with E-state index in [9.17, 15) is 9.18 Å². The molecule has 0 aromatic heterocycles. The van der Waals surface area contributed by atoms with E-state index in [-0.39, 0.29) is 11.7 Å². The Kier molecular flexibility index (Phi) is 4.92. The van der Waals surface area contributed by atoms with Crippen molar-refractivity contribution in [3.05, 3.63) is 29.6 Å². The fraction of sp³-hybridized carbons (Fsp3) is 0.500. The molecule has 1 unspecified atom stereocenters. The largest absolute Gasteiger partial charge is 0.494 e. The summed E-state index contributed by atoms with van der Waals surface area (Å²) >= 11 is 0. The second-order valence-electron chi connectivity index (χ2n) is 4.55. The molecule has 0 spiro atoms. The SMILES string of the molecule is COC(=O)C1COCCN1Cc1ccc(OC)c(F)c1. The quantitative estimate of drug-likeness (QED) is 0.777. The van der Waals surface area contributed by atoms with Gasteiger partial charge in [-0.25, -0.2) is 4.39 Å². The van der Waals surface area contributed by atoms with Crippen molar-refractivity contribution < 1.29 is 23.4 Å². The molecule has 1 fully saturated rings. The number of ether oxygens (including phenoxy) is 3. The summed E-state index contributed by atoms with van der Waals surface area (Å²) in [5.41, 5.74) is 0.777. The molecule has 2 rings (SSSR count). The maximum atomic E-state index is 13.7. The first-order valence-corrected chi connectivity index (χ1v) is 6.37. The Labute approximate surface area is 117 Å². The van der Waals surface area contributed by atoms with Crippen molar-refractivity contribution in [2.24, 2.45) is 0 Å². The summed E-state index contributed by atoms with van der Waals surface area (Å²) in [5, 5.41) is 0. The standard InChI is InChI=1S/C14H18FNO4/c1-18-13-4-3-10(7-11(13)15)8-16-5-6-20-9-12(16)14(17)19-2/h3-4,7,12H,5-6,8-9H2,1-2H3. The van der Waals surface area contributed by atoms with Gasteiger partial charge in [-0.1, -0.05) is 6.07 Å². The van der Waals surface area contributed by atoms with Gasteiger partial charge in [0.25, 0.3) is 0 Å². The molecule has 1 aliphatic heterocycles. The number of hydrogen-bond acceptors (Lipinski definition) is 5. The van der Waals surface area contributed by atoms with Gasteiger partial charge in [-0.15, -0.1) is 0 Å². The van der Waals surface area contributed by atoms with Gasteiger partial charge in [0.1, 0.15) is 6.04 Å². The fourth-order valence-electron chi connectivity index (χ4n) is 2.22. The molecule has 0 N–H and O–H groups in total. The van der Waals surface area contributed by atoms with Gasteiger partial charge in [0, 0.05) is 13.1 Å². The van der Waals surface area contributed by atoms with Gasteiger partial charge in [-0.2, -0.15) is 0 Å². The Morgan fingerprint density at radius 3 is 2.95 bits per heavy atom. The van der Waals surface area contributed by atoms with Crippen molar-refractivity contribution >= 4 is 5.97 Å². The number of hydrogen-bond donors (Lipinski definition) is 0. The van der Waals surface area contributed by atoms with E-state index in [4.69, 9.17) is 14.2 Å². The molecule has 1 saturated heterocycles. The molecule has 110 valence electrons. The van der Waals surface area contributed by atoms with Crippen LogP contribution in [0.2, 0.25) is 0 Å². The zero-order chi connectivity index (χ0) is 14.5. The first-order valence-electron chi connectivity index (χ1n) is 6.37. The highest BCUT2D eigenvalue weighted by Gasteiger charge is 2.30. The van der Waals surface area contributed by atoms with Crippen LogP contribution in [0.25, 0.3) is 0 Å². The van der Waals surface area contributed by atoms with E-state index < -0.39 is 11.9 Å². The summed E-state index contributed by atoms with van der Waals surface area (Å²) in [6, 6.07) is 4.34. The molecule has 1 aromatic carbocycles. The van der Waals surface area contributed by atoms with Crippen molar-refractivity contribution in [3.8, 4) is 5.75 Å². The summed E-state index contributed by atoms with van der Waals surface area (Å²) in [5.74, 6) is -0.535. The predicted molar refractivity (Wildman–Crippen MR) is 70.0 cm³/mol. The highest BCUT2D eigenvalue weighted by molar-refractivity contribution is 5.75. The van der Waals surface area contributed by atoms with Gasteiger partial charge in [0.05, 0.1) is 27.4 Å². The molecular formula is C14H18FNO4. The van der Waals surface area contributed by atoms with Crippen LogP contribution in [0.1, 0.15) is 5.56 Å². The molecule has 1 heterocycles. The topological polar surface area (TPSA) is 48.0 Å². The van der Waals surface area contributed by atoms with E-state index >= 15 is 0 Å². The minimum Gasteiger partial charge on any atom is -0.494 e. The molecule has 5 nitrogen and oxygen atoms in total. The molecule has 1 atom stereocenters. The molecule has 0 radical (unpaired) electrons. The van der Waals surface area contributed by atoms with Gasteiger partial charge < -0.3 is 14.2 Å². The molecule has 0 amide bonds. The second kappa shape index (κ2) is 6.67. The lowest BCUT2D eigenvalue weighted by Gasteiger charge is -2.33. The lowest BCUT2D eigenvalue weighted by atomic mass is 10.1. The number of benzene rings is 1. The van der Waals surface area contributed by atoms with Crippen LogP contribution in [0, 0.1) is 5.82 Å². The first kappa shape index (κ1) is 14.7. The molecule has 0 bridgehead atoms. The van der Waals surface area contributed by atoms with Crippen molar-refractivity contribution in [2.75, 3.05) is 34.0 Å². The van der Waals surface area contributed by atoms with Gasteiger partial charge in [0.2, 0.25) is 0 Å². The molecule has 20 heavy (non-hydrogen) atoms. The molecular weight excluding hydrogens is 265 g/mol. The molecule has 0 aliphatic carbocycles. The van der Waals surface area contributed by atoms with Gasteiger partial charge >= 0.3 is 5.97 Å². The zero-order valence-electron chi connectivity index (χ0n) is 11.6. The van der Waals surface area contributed by atoms with Crippen LogP contribution in [0.3, 0.4) is 0 Å². The summed E-state index contributed by atoms with van der Waals surface area (Å²) in [6.45, 7) is 1.91. The second-order valence-corrected chi connectivity index (χ2v) is 4.55. The van der Waals surface area contributed by atoms with E-state index in [0.29, 0.717) is 26.3 Å². The third kappa shape index (κ3) is 3.26. The summed E-state index contributed by atoms with van der Waals surface area (Å²) in [4.78, 5) is 13.6. The van der Waals surface area contributed by atoms with Crippen LogP contribution in [-0.4, -0.2) is 50.9 Å². The zero-order valence-corrected chi connectivity index (χ0v) is 11.6. The number of nitrogens with zero attached hydrogens (tertiary/aromatic N) is 1. The maximum absolute atomic E-state index is 13.7. The average molecular weight is 283 g/mol. The number of methoxy groups -OCH3 is 2. The van der Waals surface area contributed by atoms with E-state index in [2.05, 4.69) is 0 Å².